The first kappa shape index (κ1) is 13.1. The molecule has 0 aromatic carbocycles. The largest absolute Gasteiger partial charge is 0.337 e. The molecule has 0 radical (unpaired) electrons. The van der Waals surface area contributed by atoms with Crippen LogP contribution in [0.1, 0.15) is 82.3 Å². The van der Waals surface area contributed by atoms with Crippen LogP contribution >= 0.6 is 0 Å². The maximum atomic E-state index is 6.35. The van der Waals surface area contributed by atoms with Crippen LogP contribution in [0.2, 0.25) is 0 Å². The zero-order chi connectivity index (χ0) is 13.3. The summed E-state index contributed by atoms with van der Waals surface area (Å²) in [5.74, 6) is 2.55. The molecular weight excluding hydrogens is 238 g/mol. The van der Waals surface area contributed by atoms with Gasteiger partial charge in [-0.05, 0) is 38.5 Å². The van der Waals surface area contributed by atoms with E-state index in [1.54, 1.807) is 0 Å². The molecule has 1 aromatic rings. The zero-order valence-electron chi connectivity index (χ0n) is 11.9. The van der Waals surface area contributed by atoms with E-state index in [0.29, 0.717) is 17.7 Å². The summed E-state index contributed by atoms with van der Waals surface area (Å²) >= 11 is 0. The summed E-state index contributed by atoms with van der Waals surface area (Å²) < 4.78 is 5.47. The quantitative estimate of drug-likeness (QED) is 0.906. The fourth-order valence-electron chi connectivity index (χ4n) is 3.19. The minimum atomic E-state index is -0.424. The van der Waals surface area contributed by atoms with Crippen molar-refractivity contribution in [2.45, 2.75) is 76.2 Å². The van der Waals surface area contributed by atoms with Crippen LogP contribution in [0.5, 0.6) is 0 Å². The molecule has 1 unspecified atom stereocenters. The van der Waals surface area contributed by atoms with E-state index in [9.17, 15) is 0 Å². The highest BCUT2D eigenvalue weighted by molar-refractivity contribution is 5.08. The molecule has 4 nitrogen and oxygen atoms in total. The molecule has 0 aliphatic heterocycles. The predicted octanol–water partition coefficient (Wildman–Crippen LogP) is 3.48. The SMILES string of the molecule is CC(N)(c1nc(C2CCCCCCC2)no1)C1CC1. The van der Waals surface area contributed by atoms with Crippen molar-refractivity contribution in [3.05, 3.63) is 11.7 Å². The predicted molar refractivity (Wildman–Crippen MR) is 73.6 cm³/mol. The summed E-state index contributed by atoms with van der Waals surface area (Å²) in [6.45, 7) is 2.03. The Morgan fingerprint density at radius 1 is 1.05 bits per heavy atom. The summed E-state index contributed by atoms with van der Waals surface area (Å²) in [7, 11) is 0. The Bertz CT molecular complexity index is 415. The molecule has 2 saturated carbocycles. The van der Waals surface area contributed by atoms with E-state index in [0.717, 1.165) is 5.82 Å². The maximum absolute atomic E-state index is 6.35. The molecule has 0 amide bonds. The van der Waals surface area contributed by atoms with Gasteiger partial charge < -0.3 is 10.3 Å². The van der Waals surface area contributed by atoms with Gasteiger partial charge in [-0.15, -0.1) is 0 Å². The van der Waals surface area contributed by atoms with Gasteiger partial charge in [0.05, 0.1) is 5.54 Å². The molecule has 2 fully saturated rings. The first-order valence-electron chi connectivity index (χ1n) is 7.81. The lowest BCUT2D eigenvalue weighted by Gasteiger charge is -2.19. The highest BCUT2D eigenvalue weighted by Crippen LogP contribution is 2.43. The van der Waals surface area contributed by atoms with Crippen LogP contribution in [0.15, 0.2) is 4.52 Å². The van der Waals surface area contributed by atoms with Crippen LogP contribution < -0.4 is 5.73 Å². The fraction of sp³-hybridized carbons (Fsp3) is 0.867. The van der Waals surface area contributed by atoms with Gasteiger partial charge in [-0.25, -0.2) is 0 Å². The standard InChI is InChI=1S/C15H25N3O/c1-15(16,12-9-10-12)14-17-13(18-19-14)11-7-5-3-2-4-6-8-11/h11-12H,2-10,16H2,1H3. The number of hydrogen-bond donors (Lipinski definition) is 1. The molecule has 2 N–H and O–H groups in total. The van der Waals surface area contributed by atoms with Crippen LogP contribution in [-0.4, -0.2) is 10.1 Å². The highest BCUT2D eigenvalue weighted by atomic mass is 16.5. The van der Waals surface area contributed by atoms with Crippen LogP contribution in [0.4, 0.5) is 0 Å². The topological polar surface area (TPSA) is 64.9 Å². The van der Waals surface area contributed by atoms with Gasteiger partial charge in [0.2, 0.25) is 5.89 Å². The van der Waals surface area contributed by atoms with Crippen LogP contribution in [0, 0.1) is 5.92 Å². The van der Waals surface area contributed by atoms with Crippen molar-refractivity contribution in [1.29, 1.82) is 0 Å². The molecule has 2 aliphatic carbocycles. The molecule has 0 bridgehead atoms. The lowest BCUT2D eigenvalue weighted by molar-refractivity contribution is 0.271. The van der Waals surface area contributed by atoms with Crippen LogP contribution in [-0.2, 0) is 5.54 Å². The van der Waals surface area contributed by atoms with Gasteiger partial charge in [-0.3, -0.25) is 0 Å². The van der Waals surface area contributed by atoms with E-state index in [2.05, 4.69) is 10.1 Å². The van der Waals surface area contributed by atoms with Gasteiger partial charge in [0.1, 0.15) is 0 Å². The smallest absolute Gasteiger partial charge is 0.246 e. The molecule has 2 aliphatic rings. The number of hydrogen-bond acceptors (Lipinski definition) is 4. The first-order chi connectivity index (χ1) is 9.18. The van der Waals surface area contributed by atoms with Crippen molar-refractivity contribution in [2.24, 2.45) is 11.7 Å². The van der Waals surface area contributed by atoms with E-state index >= 15 is 0 Å². The van der Waals surface area contributed by atoms with Gasteiger partial charge in [0.15, 0.2) is 5.82 Å². The molecule has 19 heavy (non-hydrogen) atoms. The van der Waals surface area contributed by atoms with Gasteiger partial charge in [-0.2, -0.15) is 4.98 Å². The van der Waals surface area contributed by atoms with E-state index < -0.39 is 5.54 Å². The molecule has 1 atom stereocenters. The number of aromatic nitrogens is 2. The normalized spacial score (nSPS) is 25.6. The van der Waals surface area contributed by atoms with Crippen molar-refractivity contribution >= 4 is 0 Å². The Balaban J connectivity index is 1.72. The third-order valence-corrected chi connectivity index (χ3v) is 4.80. The summed E-state index contributed by atoms with van der Waals surface area (Å²) in [4.78, 5) is 4.64. The number of rotatable bonds is 3. The third kappa shape index (κ3) is 2.83. The Labute approximate surface area is 115 Å². The average Bonchev–Trinajstić information content (AvgIpc) is 3.08. The van der Waals surface area contributed by atoms with E-state index in [4.69, 9.17) is 10.3 Å². The highest BCUT2D eigenvalue weighted by Gasteiger charge is 2.44. The Kier molecular flexibility index (Phi) is 3.61. The van der Waals surface area contributed by atoms with E-state index in [1.165, 1.54) is 57.8 Å². The zero-order valence-corrected chi connectivity index (χ0v) is 11.9. The second-order valence-corrected chi connectivity index (χ2v) is 6.56. The summed E-state index contributed by atoms with van der Waals surface area (Å²) in [5, 5.41) is 4.22. The van der Waals surface area contributed by atoms with E-state index in [-0.39, 0.29) is 0 Å². The molecule has 3 rings (SSSR count). The first-order valence-corrected chi connectivity index (χ1v) is 7.81. The molecule has 1 aromatic heterocycles. The monoisotopic (exact) mass is 263 g/mol. The second kappa shape index (κ2) is 5.23. The number of nitrogens with two attached hydrogens (primary N) is 1. The van der Waals surface area contributed by atoms with Crippen LogP contribution in [0.25, 0.3) is 0 Å². The molecule has 0 spiro atoms. The maximum Gasteiger partial charge on any atom is 0.246 e. The molecule has 4 heteroatoms. The van der Waals surface area contributed by atoms with Crippen molar-refractivity contribution in [3.8, 4) is 0 Å². The van der Waals surface area contributed by atoms with Gasteiger partial charge in [0.25, 0.3) is 0 Å². The summed E-state index contributed by atoms with van der Waals surface area (Å²) in [6.07, 6.45) is 11.4. The molecule has 1 heterocycles. The molecular formula is C15H25N3O. The van der Waals surface area contributed by atoms with Crippen LogP contribution in [0.3, 0.4) is 0 Å². The van der Waals surface area contributed by atoms with Crippen molar-refractivity contribution in [1.82, 2.24) is 10.1 Å². The lowest BCUT2D eigenvalue weighted by atomic mass is 9.90. The Morgan fingerprint density at radius 3 is 2.32 bits per heavy atom. The summed E-state index contributed by atoms with van der Waals surface area (Å²) in [6, 6.07) is 0. The number of nitrogens with zero attached hydrogens (tertiary/aromatic N) is 2. The fourth-order valence-corrected chi connectivity index (χ4v) is 3.19. The lowest BCUT2D eigenvalue weighted by Crippen LogP contribution is -2.35. The molecule has 0 saturated heterocycles. The Morgan fingerprint density at radius 2 is 1.68 bits per heavy atom. The van der Waals surface area contributed by atoms with E-state index in [1.807, 2.05) is 6.92 Å². The van der Waals surface area contributed by atoms with Crippen molar-refractivity contribution in [3.63, 3.8) is 0 Å². The van der Waals surface area contributed by atoms with Crippen molar-refractivity contribution < 1.29 is 4.52 Å². The Hall–Kier alpha value is -0.900. The van der Waals surface area contributed by atoms with Crippen molar-refractivity contribution in [2.75, 3.05) is 0 Å². The summed E-state index contributed by atoms with van der Waals surface area (Å²) in [5.41, 5.74) is 5.92. The van der Waals surface area contributed by atoms with Gasteiger partial charge in [-0.1, -0.05) is 37.3 Å². The third-order valence-electron chi connectivity index (χ3n) is 4.80. The second-order valence-electron chi connectivity index (χ2n) is 6.56. The van der Waals surface area contributed by atoms with Gasteiger partial charge in [0, 0.05) is 5.92 Å². The average molecular weight is 263 g/mol. The van der Waals surface area contributed by atoms with Gasteiger partial charge >= 0.3 is 0 Å². The molecule has 106 valence electrons. The minimum absolute atomic E-state index is 0.424. The minimum Gasteiger partial charge on any atom is -0.337 e.